The summed E-state index contributed by atoms with van der Waals surface area (Å²) in [5, 5.41) is 12.1. The average molecular weight is 326 g/mol. The standard InChI is InChI=1S/C16H26N2O5/c1-2-23-16(22)18-8-6-13(7-9-18)17-14(19)11-4-3-5-12(10-11)15(20)21/h11-13H,2-10H2,1H3,(H,17,19)(H,20,21)/t11-,12+/m1/s1. The van der Waals surface area contributed by atoms with Crippen LogP contribution in [0.1, 0.15) is 45.4 Å². The van der Waals surface area contributed by atoms with E-state index in [1.54, 1.807) is 11.8 Å². The van der Waals surface area contributed by atoms with Crippen molar-refractivity contribution in [2.24, 2.45) is 11.8 Å². The van der Waals surface area contributed by atoms with Crippen LogP contribution >= 0.6 is 0 Å². The van der Waals surface area contributed by atoms with E-state index < -0.39 is 11.9 Å². The van der Waals surface area contributed by atoms with E-state index in [1.165, 1.54) is 0 Å². The van der Waals surface area contributed by atoms with Crippen LogP contribution in [-0.2, 0) is 14.3 Å². The molecule has 0 aromatic rings. The number of piperidine rings is 1. The number of amides is 2. The van der Waals surface area contributed by atoms with Gasteiger partial charge in [0, 0.05) is 25.0 Å². The van der Waals surface area contributed by atoms with Gasteiger partial charge in [-0.2, -0.15) is 0 Å². The van der Waals surface area contributed by atoms with Gasteiger partial charge in [0.1, 0.15) is 0 Å². The SMILES string of the molecule is CCOC(=O)N1CCC(NC(=O)[C@@H]2CCC[C@H](C(=O)O)C2)CC1. The normalized spacial score (nSPS) is 25.7. The maximum atomic E-state index is 12.3. The van der Waals surface area contributed by atoms with Gasteiger partial charge in [0.2, 0.25) is 5.91 Å². The highest BCUT2D eigenvalue weighted by Gasteiger charge is 2.32. The molecule has 0 bridgehead atoms. The molecule has 0 radical (unpaired) electrons. The second-order valence-corrected chi connectivity index (χ2v) is 6.37. The van der Waals surface area contributed by atoms with Gasteiger partial charge in [0.25, 0.3) is 0 Å². The summed E-state index contributed by atoms with van der Waals surface area (Å²) in [5.74, 6) is -1.44. The molecule has 2 aliphatic rings. The van der Waals surface area contributed by atoms with Crippen molar-refractivity contribution in [3.63, 3.8) is 0 Å². The number of carbonyl (C=O) groups excluding carboxylic acids is 2. The Hall–Kier alpha value is -1.79. The number of carbonyl (C=O) groups is 3. The van der Waals surface area contributed by atoms with Crippen LogP contribution in [0.5, 0.6) is 0 Å². The highest BCUT2D eigenvalue weighted by molar-refractivity contribution is 5.80. The predicted molar refractivity (Wildman–Crippen MR) is 82.8 cm³/mol. The minimum absolute atomic E-state index is 0.0365. The molecule has 2 atom stereocenters. The van der Waals surface area contributed by atoms with Crippen LogP contribution in [0, 0.1) is 11.8 Å². The molecule has 2 fully saturated rings. The van der Waals surface area contributed by atoms with Gasteiger partial charge in [-0.25, -0.2) is 4.79 Å². The number of carboxylic acids is 1. The van der Waals surface area contributed by atoms with Crippen molar-refractivity contribution >= 4 is 18.0 Å². The maximum Gasteiger partial charge on any atom is 0.409 e. The highest BCUT2D eigenvalue weighted by Crippen LogP contribution is 2.29. The first-order chi connectivity index (χ1) is 11.0. The van der Waals surface area contributed by atoms with E-state index in [2.05, 4.69) is 5.32 Å². The summed E-state index contributed by atoms with van der Waals surface area (Å²) in [5.41, 5.74) is 0. The summed E-state index contributed by atoms with van der Waals surface area (Å²) in [4.78, 5) is 36.7. The lowest BCUT2D eigenvalue weighted by Crippen LogP contribution is -2.48. The minimum atomic E-state index is -0.801. The van der Waals surface area contributed by atoms with Crippen LogP contribution in [0.15, 0.2) is 0 Å². The quantitative estimate of drug-likeness (QED) is 0.818. The molecule has 1 heterocycles. The molecule has 1 saturated carbocycles. The van der Waals surface area contributed by atoms with Crippen molar-refractivity contribution in [3.8, 4) is 0 Å². The van der Waals surface area contributed by atoms with E-state index in [0.29, 0.717) is 45.4 Å². The van der Waals surface area contributed by atoms with Crippen molar-refractivity contribution in [2.75, 3.05) is 19.7 Å². The molecule has 0 aromatic heterocycles. The maximum absolute atomic E-state index is 12.3. The molecule has 1 aliphatic carbocycles. The lowest BCUT2D eigenvalue weighted by atomic mass is 9.81. The first-order valence-corrected chi connectivity index (χ1v) is 8.46. The largest absolute Gasteiger partial charge is 0.481 e. The third-order valence-corrected chi connectivity index (χ3v) is 4.76. The monoisotopic (exact) mass is 326 g/mol. The summed E-state index contributed by atoms with van der Waals surface area (Å²) >= 11 is 0. The van der Waals surface area contributed by atoms with Crippen molar-refractivity contribution < 1.29 is 24.2 Å². The number of likely N-dealkylation sites (tertiary alicyclic amines) is 1. The van der Waals surface area contributed by atoms with Gasteiger partial charge in [-0.05, 0) is 39.0 Å². The molecule has 0 unspecified atom stereocenters. The second kappa shape index (κ2) is 8.17. The fraction of sp³-hybridized carbons (Fsp3) is 0.812. The lowest BCUT2D eigenvalue weighted by Gasteiger charge is -2.33. The van der Waals surface area contributed by atoms with E-state index in [0.717, 1.165) is 12.8 Å². The van der Waals surface area contributed by atoms with E-state index in [-0.39, 0.29) is 24.0 Å². The number of aliphatic carboxylic acids is 1. The Morgan fingerprint density at radius 2 is 1.78 bits per heavy atom. The fourth-order valence-corrected chi connectivity index (χ4v) is 3.39. The zero-order chi connectivity index (χ0) is 16.8. The van der Waals surface area contributed by atoms with Gasteiger partial charge in [0.05, 0.1) is 12.5 Å². The molecule has 7 nitrogen and oxygen atoms in total. The Morgan fingerprint density at radius 1 is 1.13 bits per heavy atom. The lowest BCUT2D eigenvalue weighted by molar-refractivity contribution is -0.144. The number of ether oxygens (including phenoxy) is 1. The molecule has 2 rings (SSSR count). The van der Waals surface area contributed by atoms with E-state index >= 15 is 0 Å². The number of hydrogen-bond donors (Lipinski definition) is 2. The smallest absolute Gasteiger partial charge is 0.409 e. The Morgan fingerprint density at radius 3 is 2.39 bits per heavy atom. The summed E-state index contributed by atoms with van der Waals surface area (Å²) in [6.07, 6.45) is 3.76. The Kier molecular flexibility index (Phi) is 6.24. The van der Waals surface area contributed by atoms with Crippen LogP contribution in [0.2, 0.25) is 0 Å². The van der Waals surface area contributed by atoms with Crippen molar-refractivity contribution in [2.45, 2.75) is 51.5 Å². The van der Waals surface area contributed by atoms with E-state index in [4.69, 9.17) is 9.84 Å². The minimum Gasteiger partial charge on any atom is -0.481 e. The summed E-state index contributed by atoms with van der Waals surface area (Å²) < 4.78 is 4.97. The van der Waals surface area contributed by atoms with Crippen LogP contribution in [0.25, 0.3) is 0 Å². The molecular weight excluding hydrogens is 300 g/mol. The molecule has 2 amide bonds. The number of nitrogens with one attached hydrogen (secondary N) is 1. The van der Waals surface area contributed by atoms with Crippen LogP contribution in [0.4, 0.5) is 4.79 Å². The molecule has 1 aliphatic heterocycles. The summed E-state index contributed by atoms with van der Waals surface area (Å²) in [7, 11) is 0. The average Bonchev–Trinajstić information content (AvgIpc) is 2.55. The van der Waals surface area contributed by atoms with Gasteiger partial charge in [-0.1, -0.05) is 6.42 Å². The van der Waals surface area contributed by atoms with Gasteiger partial charge in [-0.3, -0.25) is 9.59 Å². The molecule has 130 valence electrons. The van der Waals surface area contributed by atoms with Crippen LogP contribution < -0.4 is 5.32 Å². The number of hydrogen-bond acceptors (Lipinski definition) is 4. The molecule has 0 spiro atoms. The third-order valence-electron chi connectivity index (χ3n) is 4.76. The topological polar surface area (TPSA) is 95.9 Å². The van der Waals surface area contributed by atoms with Crippen molar-refractivity contribution in [3.05, 3.63) is 0 Å². The zero-order valence-corrected chi connectivity index (χ0v) is 13.6. The fourth-order valence-electron chi connectivity index (χ4n) is 3.39. The van der Waals surface area contributed by atoms with Gasteiger partial charge >= 0.3 is 12.1 Å². The van der Waals surface area contributed by atoms with Crippen molar-refractivity contribution in [1.82, 2.24) is 10.2 Å². The molecule has 0 aromatic carbocycles. The van der Waals surface area contributed by atoms with E-state index in [1.807, 2.05) is 0 Å². The van der Waals surface area contributed by atoms with Gasteiger partial charge in [0.15, 0.2) is 0 Å². The highest BCUT2D eigenvalue weighted by atomic mass is 16.6. The number of carboxylic acid groups (broad SMARTS) is 1. The van der Waals surface area contributed by atoms with Crippen LogP contribution in [-0.4, -0.2) is 53.7 Å². The Labute approximate surface area is 136 Å². The van der Waals surface area contributed by atoms with E-state index in [9.17, 15) is 14.4 Å². The van der Waals surface area contributed by atoms with Crippen molar-refractivity contribution in [1.29, 1.82) is 0 Å². The third kappa shape index (κ3) is 4.84. The first-order valence-electron chi connectivity index (χ1n) is 8.46. The van der Waals surface area contributed by atoms with Gasteiger partial charge < -0.3 is 20.1 Å². The van der Waals surface area contributed by atoms with Gasteiger partial charge in [-0.15, -0.1) is 0 Å². The molecule has 7 heteroatoms. The Balaban J connectivity index is 1.76. The molecule has 2 N–H and O–H groups in total. The zero-order valence-electron chi connectivity index (χ0n) is 13.6. The molecule has 1 saturated heterocycles. The first kappa shape index (κ1) is 17.6. The molecular formula is C16H26N2O5. The predicted octanol–water partition coefficient (Wildman–Crippen LogP) is 1.61. The number of nitrogens with zero attached hydrogens (tertiary/aromatic N) is 1. The molecule has 23 heavy (non-hydrogen) atoms. The summed E-state index contributed by atoms with van der Waals surface area (Å²) in [6.45, 7) is 3.29. The summed E-state index contributed by atoms with van der Waals surface area (Å²) in [6, 6.07) is 0.0541. The number of rotatable bonds is 4. The second-order valence-electron chi connectivity index (χ2n) is 6.37. The van der Waals surface area contributed by atoms with Crippen LogP contribution in [0.3, 0.4) is 0 Å². The Bertz CT molecular complexity index is 446.